The summed E-state index contributed by atoms with van der Waals surface area (Å²) >= 11 is 13.7. The van der Waals surface area contributed by atoms with Crippen LogP contribution in [0.3, 0.4) is 0 Å². The van der Waals surface area contributed by atoms with E-state index in [0.717, 1.165) is 5.56 Å². The van der Waals surface area contributed by atoms with Gasteiger partial charge in [0.25, 0.3) is 0 Å². The minimum atomic E-state index is -0.690. The van der Waals surface area contributed by atoms with Crippen molar-refractivity contribution in [1.29, 1.82) is 0 Å². The van der Waals surface area contributed by atoms with Crippen molar-refractivity contribution >= 4 is 46.8 Å². The number of rotatable bonds is 8. The number of halogens is 3. The highest BCUT2D eigenvalue weighted by Gasteiger charge is 2.28. The van der Waals surface area contributed by atoms with E-state index in [9.17, 15) is 14.0 Å². The van der Waals surface area contributed by atoms with Gasteiger partial charge in [-0.25, -0.2) is 4.39 Å². The molecular formula is C23H27Cl2FN2O2S. The maximum Gasteiger partial charge on any atom is 0.242 e. The standard InChI is InChI=1S/C23H27Cl2FN2O2S/c1-15(22(30)27-23(2,3)4)28(12-17-7-8-18(24)11-20(17)25)21(29)14-31-13-16-5-9-19(26)10-6-16/h5-11,15H,12-14H2,1-4H3,(H,27,30). The van der Waals surface area contributed by atoms with Crippen LogP contribution in [0.4, 0.5) is 4.39 Å². The molecule has 1 atom stereocenters. The molecule has 4 nitrogen and oxygen atoms in total. The first-order chi connectivity index (χ1) is 14.5. The van der Waals surface area contributed by atoms with E-state index >= 15 is 0 Å². The molecule has 0 aliphatic carbocycles. The Morgan fingerprint density at radius 3 is 2.35 bits per heavy atom. The third-order valence-electron chi connectivity index (χ3n) is 4.43. The number of hydrogen-bond acceptors (Lipinski definition) is 3. The zero-order chi connectivity index (χ0) is 23.2. The van der Waals surface area contributed by atoms with Crippen LogP contribution in [0.1, 0.15) is 38.8 Å². The molecular weight excluding hydrogens is 458 g/mol. The number of amides is 2. The van der Waals surface area contributed by atoms with Crippen LogP contribution in [0, 0.1) is 5.82 Å². The van der Waals surface area contributed by atoms with Gasteiger partial charge >= 0.3 is 0 Å². The average Bonchev–Trinajstić information content (AvgIpc) is 2.67. The second-order valence-electron chi connectivity index (χ2n) is 8.29. The fourth-order valence-corrected chi connectivity index (χ4v) is 4.15. The summed E-state index contributed by atoms with van der Waals surface area (Å²) in [5.74, 6) is 0.0125. The third kappa shape index (κ3) is 8.36. The van der Waals surface area contributed by atoms with E-state index in [1.54, 1.807) is 37.3 Å². The number of nitrogens with zero attached hydrogens (tertiary/aromatic N) is 1. The van der Waals surface area contributed by atoms with Crippen LogP contribution >= 0.6 is 35.0 Å². The Bertz CT molecular complexity index is 917. The van der Waals surface area contributed by atoms with Crippen LogP contribution in [0.5, 0.6) is 0 Å². The fraction of sp³-hybridized carbons (Fsp3) is 0.391. The quantitative estimate of drug-likeness (QED) is 0.522. The zero-order valence-corrected chi connectivity index (χ0v) is 20.4. The van der Waals surface area contributed by atoms with Gasteiger partial charge in [-0.15, -0.1) is 11.8 Å². The highest BCUT2D eigenvalue weighted by Crippen LogP contribution is 2.24. The molecule has 2 aromatic carbocycles. The molecule has 0 aliphatic rings. The minimum absolute atomic E-state index is 0.176. The highest BCUT2D eigenvalue weighted by atomic mass is 35.5. The van der Waals surface area contributed by atoms with E-state index in [1.165, 1.54) is 28.8 Å². The van der Waals surface area contributed by atoms with Gasteiger partial charge in [-0.1, -0.05) is 41.4 Å². The van der Waals surface area contributed by atoms with Gasteiger partial charge in [-0.2, -0.15) is 0 Å². The molecule has 0 fully saturated rings. The second-order valence-corrected chi connectivity index (χ2v) is 10.1. The lowest BCUT2D eigenvalue weighted by atomic mass is 10.1. The molecule has 0 aliphatic heterocycles. The van der Waals surface area contributed by atoms with Gasteiger partial charge in [0.15, 0.2) is 0 Å². The average molecular weight is 485 g/mol. The number of carbonyl (C=O) groups is 2. The topological polar surface area (TPSA) is 49.4 Å². The Morgan fingerprint density at radius 2 is 1.77 bits per heavy atom. The largest absolute Gasteiger partial charge is 0.350 e. The Hall–Kier alpha value is -1.76. The van der Waals surface area contributed by atoms with Crippen molar-refractivity contribution in [3.05, 3.63) is 69.5 Å². The number of carbonyl (C=O) groups excluding carboxylic acids is 2. The summed E-state index contributed by atoms with van der Waals surface area (Å²) in [6.07, 6.45) is 0. The van der Waals surface area contributed by atoms with Gasteiger partial charge in [-0.05, 0) is 63.1 Å². The first-order valence-electron chi connectivity index (χ1n) is 9.84. The molecule has 0 aromatic heterocycles. The first-order valence-corrected chi connectivity index (χ1v) is 11.7. The third-order valence-corrected chi connectivity index (χ3v) is 6.00. The molecule has 0 bridgehead atoms. The molecule has 0 saturated heterocycles. The molecule has 2 rings (SSSR count). The smallest absolute Gasteiger partial charge is 0.242 e. The van der Waals surface area contributed by atoms with Gasteiger partial charge in [0.05, 0.1) is 5.75 Å². The summed E-state index contributed by atoms with van der Waals surface area (Å²) in [5, 5.41) is 3.86. The predicted molar refractivity (Wildman–Crippen MR) is 127 cm³/mol. The van der Waals surface area contributed by atoms with E-state index in [-0.39, 0.29) is 29.9 Å². The summed E-state index contributed by atoms with van der Waals surface area (Å²) in [6.45, 7) is 7.55. The van der Waals surface area contributed by atoms with Crippen LogP contribution in [0.15, 0.2) is 42.5 Å². The molecule has 2 amide bonds. The second kappa shape index (κ2) is 11.2. The fourth-order valence-electron chi connectivity index (χ4n) is 2.81. The maximum absolute atomic E-state index is 13.1. The lowest BCUT2D eigenvalue weighted by Gasteiger charge is -2.31. The van der Waals surface area contributed by atoms with Gasteiger partial charge in [0, 0.05) is 27.9 Å². The van der Waals surface area contributed by atoms with Gasteiger partial charge in [0.1, 0.15) is 11.9 Å². The lowest BCUT2D eigenvalue weighted by molar-refractivity contribution is -0.139. The minimum Gasteiger partial charge on any atom is -0.350 e. The predicted octanol–water partition coefficient (Wildman–Crippen LogP) is 5.70. The monoisotopic (exact) mass is 484 g/mol. The Labute approximate surface area is 197 Å². The molecule has 0 spiro atoms. The Morgan fingerprint density at radius 1 is 1.13 bits per heavy atom. The van der Waals surface area contributed by atoms with Crippen LogP contribution in [-0.2, 0) is 21.9 Å². The van der Waals surface area contributed by atoms with Gasteiger partial charge in [-0.3, -0.25) is 9.59 Å². The molecule has 0 saturated carbocycles. The van der Waals surface area contributed by atoms with Crippen molar-refractivity contribution in [3.8, 4) is 0 Å². The van der Waals surface area contributed by atoms with E-state index < -0.39 is 11.6 Å². The summed E-state index contributed by atoms with van der Waals surface area (Å²) < 4.78 is 13.1. The van der Waals surface area contributed by atoms with Crippen molar-refractivity contribution in [2.45, 2.75) is 51.6 Å². The van der Waals surface area contributed by atoms with Gasteiger partial charge in [0.2, 0.25) is 11.8 Å². The van der Waals surface area contributed by atoms with Crippen molar-refractivity contribution in [2.75, 3.05) is 5.75 Å². The van der Waals surface area contributed by atoms with Crippen molar-refractivity contribution in [2.24, 2.45) is 0 Å². The van der Waals surface area contributed by atoms with Crippen LogP contribution in [0.2, 0.25) is 10.0 Å². The molecule has 8 heteroatoms. The molecule has 0 radical (unpaired) electrons. The lowest BCUT2D eigenvalue weighted by Crippen LogP contribution is -2.52. The Balaban J connectivity index is 2.13. The zero-order valence-electron chi connectivity index (χ0n) is 18.0. The number of hydrogen-bond donors (Lipinski definition) is 1. The first kappa shape index (κ1) is 25.5. The van der Waals surface area contributed by atoms with E-state index in [2.05, 4.69) is 5.32 Å². The van der Waals surface area contributed by atoms with E-state index in [4.69, 9.17) is 23.2 Å². The molecule has 31 heavy (non-hydrogen) atoms. The number of benzene rings is 2. The molecule has 1 unspecified atom stereocenters. The summed E-state index contributed by atoms with van der Waals surface area (Å²) in [6, 6.07) is 10.6. The maximum atomic E-state index is 13.1. The number of thioether (sulfide) groups is 1. The van der Waals surface area contributed by atoms with Crippen molar-refractivity contribution < 1.29 is 14.0 Å². The Kier molecular flexibility index (Phi) is 9.22. The van der Waals surface area contributed by atoms with Crippen molar-refractivity contribution in [1.82, 2.24) is 10.2 Å². The van der Waals surface area contributed by atoms with Crippen LogP contribution in [-0.4, -0.2) is 34.0 Å². The summed E-state index contributed by atoms with van der Waals surface area (Å²) in [7, 11) is 0. The van der Waals surface area contributed by atoms with Crippen LogP contribution < -0.4 is 5.32 Å². The molecule has 1 N–H and O–H groups in total. The molecule has 0 heterocycles. The SMILES string of the molecule is CC(C(=O)NC(C)(C)C)N(Cc1ccc(Cl)cc1Cl)C(=O)CSCc1ccc(F)cc1. The number of nitrogens with one attached hydrogen (secondary N) is 1. The highest BCUT2D eigenvalue weighted by molar-refractivity contribution is 7.99. The molecule has 2 aromatic rings. The summed E-state index contributed by atoms with van der Waals surface area (Å²) in [5.41, 5.74) is 1.21. The molecule has 168 valence electrons. The summed E-state index contributed by atoms with van der Waals surface area (Å²) in [4.78, 5) is 27.4. The van der Waals surface area contributed by atoms with Gasteiger partial charge < -0.3 is 10.2 Å². The van der Waals surface area contributed by atoms with Crippen molar-refractivity contribution in [3.63, 3.8) is 0 Å². The van der Waals surface area contributed by atoms with E-state index in [0.29, 0.717) is 21.4 Å². The van der Waals surface area contributed by atoms with Crippen LogP contribution in [0.25, 0.3) is 0 Å². The van der Waals surface area contributed by atoms with E-state index in [1.807, 2.05) is 20.8 Å². The normalized spacial score (nSPS) is 12.4.